The van der Waals surface area contributed by atoms with E-state index in [0.29, 0.717) is 16.8 Å². The van der Waals surface area contributed by atoms with Crippen molar-refractivity contribution in [1.29, 1.82) is 0 Å². The Kier molecular flexibility index (Phi) is 5.72. The Hall–Kier alpha value is -2.59. The van der Waals surface area contributed by atoms with E-state index in [-0.39, 0.29) is 25.1 Å². The molecule has 1 saturated heterocycles. The van der Waals surface area contributed by atoms with Gasteiger partial charge in [-0.05, 0) is 48.5 Å². The fourth-order valence-corrected chi connectivity index (χ4v) is 3.27. The highest BCUT2D eigenvalue weighted by molar-refractivity contribution is 9.10. The second kappa shape index (κ2) is 8.42. The molecule has 1 amide bonds. The zero-order valence-electron chi connectivity index (χ0n) is 15.4. The second-order valence-electron chi connectivity index (χ2n) is 6.28. The van der Waals surface area contributed by atoms with E-state index in [1.54, 1.807) is 23.0 Å². The van der Waals surface area contributed by atoms with Crippen molar-refractivity contribution in [2.24, 2.45) is 0 Å². The van der Waals surface area contributed by atoms with Crippen molar-refractivity contribution >= 4 is 21.8 Å². The van der Waals surface area contributed by atoms with Gasteiger partial charge in [0.15, 0.2) is 13.0 Å². The summed E-state index contributed by atoms with van der Waals surface area (Å²) >= 11 is 3.42. The number of aromatic nitrogens is 2. The molecule has 0 bridgehead atoms. The molecule has 1 aliphatic heterocycles. The third-order valence-electron chi connectivity index (χ3n) is 4.35. The topological polar surface area (TPSA) is 65.8 Å². The average Bonchev–Trinajstić information content (AvgIpc) is 3.31. The van der Waals surface area contributed by atoms with E-state index in [9.17, 15) is 9.18 Å². The minimum absolute atomic E-state index is 0.0989. The van der Waals surface area contributed by atoms with Crippen LogP contribution in [0.2, 0.25) is 0 Å². The van der Waals surface area contributed by atoms with E-state index in [1.807, 2.05) is 24.3 Å². The summed E-state index contributed by atoms with van der Waals surface area (Å²) in [5.41, 5.74) is 2.67. The fraction of sp³-hybridized carbons (Fsp3) is 0.200. The molecule has 0 aliphatic carbocycles. The Balaban J connectivity index is 1.79. The van der Waals surface area contributed by atoms with E-state index >= 15 is 0 Å². The van der Waals surface area contributed by atoms with E-state index in [2.05, 4.69) is 21.0 Å². The van der Waals surface area contributed by atoms with Crippen molar-refractivity contribution in [2.75, 3.05) is 20.5 Å². The third kappa shape index (κ3) is 4.08. The summed E-state index contributed by atoms with van der Waals surface area (Å²) in [7, 11) is 1.46. The number of hydrogen-bond acceptors (Lipinski definition) is 5. The maximum atomic E-state index is 13.4. The van der Waals surface area contributed by atoms with Gasteiger partial charge in [0.2, 0.25) is 0 Å². The Morgan fingerprint density at radius 3 is 2.62 bits per heavy atom. The van der Waals surface area contributed by atoms with Crippen LogP contribution in [0.3, 0.4) is 0 Å². The van der Waals surface area contributed by atoms with Gasteiger partial charge >= 0.3 is 0 Å². The SMILES string of the molecule is COCON1C(=O)COC1c1cn(-c2ccc(Br)cc2)nc1-c1ccc(F)cc1. The number of carbonyl (C=O) groups excluding carboxylic acids is 1. The molecule has 1 aliphatic rings. The molecule has 0 N–H and O–H groups in total. The van der Waals surface area contributed by atoms with Crippen molar-refractivity contribution in [2.45, 2.75) is 6.23 Å². The Labute approximate surface area is 174 Å². The lowest BCUT2D eigenvalue weighted by atomic mass is 10.1. The number of hydroxylamine groups is 2. The first kappa shape index (κ1) is 19.7. The molecular formula is C20H17BrFN3O4. The average molecular weight is 462 g/mol. The fourth-order valence-electron chi connectivity index (χ4n) is 3.00. The number of carbonyl (C=O) groups is 1. The Morgan fingerprint density at radius 2 is 1.93 bits per heavy atom. The maximum Gasteiger partial charge on any atom is 0.275 e. The minimum atomic E-state index is -0.804. The highest BCUT2D eigenvalue weighted by atomic mass is 79.9. The molecule has 1 atom stereocenters. The Bertz CT molecular complexity index is 1010. The molecule has 9 heteroatoms. The summed E-state index contributed by atoms with van der Waals surface area (Å²) in [6.45, 7) is -0.223. The first-order chi connectivity index (χ1) is 14.1. The van der Waals surface area contributed by atoms with Crippen molar-refractivity contribution in [3.05, 3.63) is 70.6 Å². The van der Waals surface area contributed by atoms with Gasteiger partial charge in [-0.25, -0.2) is 13.9 Å². The van der Waals surface area contributed by atoms with Gasteiger partial charge in [-0.3, -0.25) is 4.79 Å². The maximum absolute atomic E-state index is 13.4. The normalized spacial score (nSPS) is 16.6. The first-order valence-electron chi connectivity index (χ1n) is 8.74. The first-order valence-corrected chi connectivity index (χ1v) is 9.53. The lowest BCUT2D eigenvalue weighted by Gasteiger charge is -2.21. The number of ether oxygens (including phenoxy) is 2. The van der Waals surface area contributed by atoms with Crippen molar-refractivity contribution in [1.82, 2.24) is 14.8 Å². The lowest BCUT2D eigenvalue weighted by Crippen LogP contribution is -2.29. The molecule has 1 fully saturated rings. The van der Waals surface area contributed by atoms with Crippen LogP contribution in [0.1, 0.15) is 11.8 Å². The van der Waals surface area contributed by atoms with Gasteiger partial charge in [0.05, 0.1) is 5.69 Å². The number of amides is 1. The number of methoxy groups -OCH3 is 1. The summed E-state index contributed by atoms with van der Waals surface area (Å²) < 4.78 is 26.6. The molecular weight excluding hydrogens is 445 g/mol. The molecule has 0 spiro atoms. The van der Waals surface area contributed by atoms with Gasteiger partial charge in [-0.1, -0.05) is 15.9 Å². The molecule has 1 aromatic heterocycles. The molecule has 3 aromatic rings. The number of rotatable bonds is 6. The van der Waals surface area contributed by atoms with Crippen LogP contribution >= 0.6 is 15.9 Å². The molecule has 2 aromatic carbocycles. The van der Waals surface area contributed by atoms with Gasteiger partial charge in [0.1, 0.15) is 18.1 Å². The van der Waals surface area contributed by atoms with Crippen LogP contribution in [0.15, 0.2) is 59.2 Å². The van der Waals surface area contributed by atoms with Crippen LogP contribution < -0.4 is 0 Å². The van der Waals surface area contributed by atoms with Crippen LogP contribution in [-0.2, 0) is 19.1 Å². The standard InChI is InChI=1S/C20H17BrFN3O4/c1-27-12-29-25-18(26)11-28-20(25)17-10-24(16-8-4-14(21)5-9-16)23-19(17)13-2-6-15(22)7-3-13/h2-10,20H,11-12H2,1H3. The molecule has 150 valence electrons. The van der Waals surface area contributed by atoms with E-state index < -0.39 is 6.23 Å². The summed E-state index contributed by atoms with van der Waals surface area (Å²) in [4.78, 5) is 17.6. The molecule has 0 saturated carbocycles. The van der Waals surface area contributed by atoms with Gasteiger partial charge in [0.25, 0.3) is 5.91 Å². The lowest BCUT2D eigenvalue weighted by molar-refractivity contribution is -0.245. The summed E-state index contributed by atoms with van der Waals surface area (Å²) in [5, 5.41) is 5.81. The summed E-state index contributed by atoms with van der Waals surface area (Å²) in [6, 6.07) is 13.6. The molecule has 7 nitrogen and oxygen atoms in total. The molecule has 0 radical (unpaired) electrons. The zero-order chi connectivity index (χ0) is 20.4. The van der Waals surface area contributed by atoms with Crippen molar-refractivity contribution in [3.63, 3.8) is 0 Å². The van der Waals surface area contributed by atoms with Gasteiger partial charge in [0, 0.05) is 28.9 Å². The van der Waals surface area contributed by atoms with Crippen LogP contribution in [0.5, 0.6) is 0 Å². The summed E-state index contributed by atoms with van der Waals surface area (Å²) in [6.07, 6.45) is 0.968. The highest BCUT2D eigenvalue weighted by Gasteiger charge is 2.37. The quantitative estimate of drug-likeness (QED) is 0.521. The van der Waals surface area contributed by atoms with Crippen molar-refractivity contribution < 1.29 is 23.5 Å². The molecule has 29 heavy (non-hydrogen) atoms. The van der Waals surface area contributed by atoms with Gasteiger partial charge in [-0.15, -0.1) is 0 Å². The van der Waals surface area contributed by atoms with E-state index in [1.165, 1.54) is 19.2 Å². The summed E-state index contributed by atoms with van der Waals surface area (Å²) in [5.74, 6) is -0.673. The predicted molar refractivity (Wildman–Crippen MR) is 105 cm³/mol. The van der Waals surface area contributed by atoms with Gasteiger partial charge in [-0.2, -0.15) is 10.2 Å². The monoisotopic (exact) mass is 461 g/mol. The van der Waals surface area contributed by atoms with Crippen LogP contribution in [-0.4, -0.2) is 41.3 Å². The third-order valence-corrected chi connectivity index (χ3v) is 4.88. The zero-order valence-corrected chi connectivity index (χ0v) is 17.0. The number of benzene rings is 2. The number of nitrogens with zero attached hydrogens (tertiary/aromatic N) is 3. The predicted octanol–water partition coefficient (Wildman–Crippen LogP) is 3.83. The molecule has 4 rings (SSSR count). The highest BCUT2D eigenvalue weighted by Crippen LogP contribution is 2.35. The van der Waals surface area contributed by atoms with E-state index in [0.717, 1.165) is 15.2 Å². The molecule has 1 unspecified atom stereocenters. The minimum Gasteiger partial charge on any atom is -0.356 e. The molecule has 2 heterocycles. The largest absolute Gasteiger partial charge is 0.356 e. The smallest absolute Gasteiger partial charge is 0.275 e. The second-order valence-corrected chi connectivity index (χ2v) is 7.20. The van der Waals surface area contributed by atoms with E-state index in [4.69, 9.17) is 14.3 Å². The Morgan fingerprint density at radius 1 is 1.21 bits per heavy atom. The van der Waals surface area contributed by atoms with Crippen molar-refractivity contribution in [3.8, 4) is 16.9 Å². The van der Waals surface area contributed by atoms with Crippen LogP contribution in [0, 0.1) is 5.82 Å². The number of hydrogen-bond donors (Lipinski definition) is 0. The van der Waals surface area contributed by atoms with Crippen LogP contribution in [0.25, 0.3) is 16.9 Å². The number of halogens is 2. The van der Waals surface area contributed by atoms with Gasteiger partial charge < -0.3 is 9.47 Å². The van der Waals surface area contributed by atoms with Crippen LogP contribution in [0.4, 0.5) is 4.39 Å².